The SMILES string of the molecule is Cc1cncc(C(=O)N2CCCN(c3ccc(Cl)cn3)CC2)c1. The maximum absolute atomic E-state index is 12.6. The fourth-order valence-electron chi connectivity index (χ4n) is 2.76. The molecule has 1 amide bonds. The van der Waals surface area contributed by atoms with E-state index in [0.717, 1.165) is 37.4 Å². The molecular formula is C17H19ClN4O. The Morgan fingerprint density at radius 2 is 2.00 bits per heavy atom. The smallest absolute Gasteiger partial charge is 0.255 e. The van der Waals surface area contributed by atoms with E-state index in [9.17, 15) is 4.79 Å². The summed E-state index contributed by atoms with van der Waals surface area (Å²) in [5, 5.41) is 0.632. The van der Waals surface area contributed by atoms with Crippen molar-refractivity contribution in [1.82, 2.24) is 14.9 Å². The van der Waals surface area contributed by atoms with E-state index in [2.05, 4.69) is 14.9 Å². The van der Waals surface area contributed by atoms with Crippen LogP contribution in [0.4, 0.5) is 5.82 Å². The molecule has 0 spiro atoms. The van der Waals surface area contributed by atoms with Crippen molar-refractivity contribution in [3.05, 3.63) is 52.9 Å². The van der Waals surface area contributed by atoms with E-state index in [1.165, 1.54) is 0 Å². The molecule has 0 N–H and O–H groups in total. The van der Waals surface area contributed by atoms with E-state index >= 15 is 0 Å². The quantitative estimate of drug-likeness (QED) is 0.849. The molecule has 6 heteroatoms. The average Bonchev–Trinajstić information content (AvgIpc) is 2.81. The second-order valence-corrected chi connectivity index (χ2v) is 6.15. The highest BCUT2D eigenvalue weighted by molar-refractivity contribution is 6.30. The number of carbonyl (C=O) groups excluding carboxylic acids is 1. The van der Waals surface area contributed by atoms with Gasteiger partial charge in [-0.05, 0) is 37.1 Å². The van der Waals surface area contributed by atoms with Gasteiger partial charge in [0.1, 0.15) is 5.82 Å². The first-order chi connectivity index (χ1) is 11.1. The molecule has 1 saturated heterocycles. The number of aromatic nitrogens is 2. The van der Waals surface area contributed by atoms with Crippen molar-refractivity contribution in [2.75, 3.05) is 31.1 Å². The third-order valence-electron chi connectivity index (χ3n) is 3.94. The van der Waals surface area contributed by atoms with Gasteiger partial charge in [0.15, 0.2) is 0 Å². The Balaban J connectivity index is 1.68. The molecule has 3 heterocycles. The molecule has 2 aromatic rings. The Morgan fingerprint density at radius 3 is 2.74 bits per heavy atom. The molecule has 1 aliphatic heterocycles. The molecule has 0 saturated carbocycles. The highest BCUT2D eigenvalue weighted by Crippen LogP contribution is 2.17. The molecular weight excluding hydrogens is 312 g/mol. The minimum Gasteiger partial charge on any atom is -0.355 e. The first kappa shape index (κ1) is 15.7. The van der Waals surface area contributed by atoms with Gasteiger partial charge in [-0.1, -0.05) is 11.6 Å². The summed E-state index contributed by atoms with van der Waals surface area (Å²) in [6.45, 7) is 5.01. The van der Waals surface area contributed by atoms with E-state index < -0.39 is 0 Å². The largest absolute Gasteiger partial charge is 0.355 e. The molecule has 23 heavy (non-hydrogen) atoms. The van der Waals surface area contributed by atoms with Gasteiger partial charge in [0.05, 0.1) is 10.6 Å². The number of hydrogen-bond donors (Lipinski definition) is 0. The summed E-state index contributed by atoms with van der Waals surface area (Å²) >= 11 is 5.89. The third kappa shape index (κ3) is 3.79. The summed E-state index contributed by atoms with van der Waals surface area (Å²) in [6, 6.07) is 5.65. The third-order valence-corrected chi connectivity index (χ3v) is 4.16. The van der Waals surface area contributed by atoms with Crippen LogP contribution in [0.1, 0.15) is 22.3 Å². The lowest BCUT2D eigenvalue weighted by Gasteiger charge is -2.23. The number of amides is 1. The summed E-state index contributed by atoms with van der Waals surface area (Å²) in [6.07, 6.45) is 5.96. The van der Waals surface area contributed by atoms with Crippen LogP contribution in [0.3, 0.4) is 0 Å². The first-order valence-electron chi connectivity index (χ1n) is 7.71. The lowest BCUT2D eigenvalue weighted by Crippen LogP contribution is -2.35. The molecule has 0 radical (unpaired) electrons. The summed E-state index contributed by atoms with van der Waals surface area (Å²) in [5.74, 6) is 0.952. The lowest BCUT2D eigenvalue weighted by molar-refractivity contribution is 0.0766. The van der Waals surface area contributed by atoms with Crippen molar-refractivity contribution < 1.29 is 4.79 Å². The average molecular weight is 331 g/mol. The molecule has 2 aromatic heterocycles. The summed E-state index contributed by atoms with van der Waals surface area (Å²) in [4.78, 5) is 25.2. The zero-order valence-corrected chi connectivity index (χ0v) is 13.8. The predicted molar refractivity (Wildman–Crippen MR) is 91.0 cm³/mol. The van der Waals surface area contributed by atoms with Gasteiger partial charge in [0, 0.05) is 44.8 Å². The van der Waals surface area contributed by atoms with Gasteiger partial charge in [0.25, 0.3) is 5.91 Å². The lowest BCUT2D eigenvalue weighted by atomic mass is 10.2. The fourth-order valence-corrected chi connectivity index (χ4v) is 2.87. The molecule has 0 aromatic carbocycles. The number of pyridine rings is 2. The Bertz CT molecular complexity index is 689. The summed E-state index contributed by atoms with van der Waals surface area (Å²) < 4.78 is 0. The topological polar surface area (TPSA) is 49.3 Å². The van der Waals surface area contributed by atoms with Gasteiger partial charge in [-0.25, -0.2) is 4.98 Å². The van der Waals surface area contributed by atoms with Crippen LogP contribution in [-0.4, -0.2) is 47.0 Å². The number of anilines is 1. The van der Waals surface area contributed by atoms with Crippen LogP contribution in [-0.2, 0) is 0 Å². The van der Waals surface area contributed by atoms with Gasteiger partial charge >= 0.3 is 0 Å². The normalized spacial score (nSPS) is 15.4. The molecule has 1 aliphatic rings. The number of hydrogen-bond acceptors (Lipinski definition) is 4. The van der Waals surface area contributed by atoms with Crippen LogP contribution in [0, 0.1) is 6.92 Å². The van der Waals surface area contributed by atoms with Crippen LogP contribution in [0.25, 0.3) is 0 Å². The van der Waals surface area contributed by atoms with Crippen LogP contribution >= 0.6 is 11.6 Å². The van der Waals surface area contributed by atoms with Crippen molar-refractivity contribution in [2.24, 2.45) is 0 Å². The predicted octanol–water partition coefficient (Wildman–Crippen LogP) is 2.79. The van der Waals surface area contributed by atoms with Gasteiger partial charge in [0.2, 0.25) is 0 Å². The first-order valence-corrected chi connectivity index (χ1v) is 8.09. The molecule has 5 nitrogen and oxygen atoms in total. The molecule has 0 unspecified atom stereocenters. The summed E-state index contributed by atoms with van der Waals surface area (Å²) in [5.41, 5.74) is 1.65. The molecule has 0 atom stereocenters. The standard InChI is InChI=1S/C17H19ClN4O/c1-13-9-14(11-19-10-13)17(23)22-6-2-5-21(7-8-22)16-4-3-15(18)12-20-16/h3-4,9-12H,2,5-8H2,1H3. The number of carbonyl (C=O) groups is 1. The van der Waals surface area contributed by atoms with Gasteiger partial charge < -0.3 is 9.80 Å². The molecule has 1 fully saturated rings. The Kier molecular flexibility index (Phi) is 4.76. The maximum Gasteiger partial charge on any atom is 0.255 e. The van der Waals surface area contributed by atoms with Crippen LogP contribution < -0.4 is 4.90 Å². The fraction of sp³-hybridized carbons (Fsp3) is 0.353. The summed E-state index contributed by atoms with van der Waals surface area (Å²) in [7, 11) is 0. The highest BCUT2D eigenvalue weighted by atomic mass is 35.5. The second kappa shape index (κ2) is 6.96. The molecule has 120 valence electrons. The number of rotatable bonds is 2. The van der Waals surface area contributed by atoms with E-state index in [1.54, 1.807) is 18.6 Å². The van der Waals surface area contributed by atoms with Crippen LogP contribution in [0.15, 0.2) is 36.8 Å². The van der Waals surface area contributed by atoms with Gasteiger partial charge in [-0.3, -0.25) is 9.78 Å². The van der Waals surface area contributed by atoms with E-state index in [4.69, 9.17) is 11.6 Å². The van der Waals surface area contributed by atoms with Crippen molar-refractivity contribution in [2.45, 2.75) is 13.3 Å². The van der Waals surface area contributed by atoms with Gasteiger partial charge in [-0.2, -0.15) is 0 Å². The number of aryl methyl sites for hydroxylation is 1. The Labute approximate surface area is 140 Å². The van der Waals surface area contributed by atoms with Crippen LogP contribution in [0.5, 0.6) is 0 Å². The molecule has 0 aliphatic carbocycles. The van der Waals surface area contributed by atoms with Crippen molar-refractivity contribution in [1.29, 1.82) is 0 Å². The van der Waals surface area contributed by atoms with E-state index in [0.29, 0.717) is 17.1 Å². The van der Waals surface area contributed by atoms with Crippen molar-refractivity contribution >= 4 is 23.3 Å². The van der Waals surface area contributed by atoms with E-state index in [-0.39, 0.29) is 5.91 Å². The Morgan fingerprint density at radius 1 is 1.13 bits per heavy atom. The number of halogens is 1. The minimum atomic E-state index is 0.0483. The number of nitrogens with zero attached hydrogens (tertiary/aromatic N) is 4. The monoisotopic (exact) mass is 330 g/mol. The minimum absolute atomic E-state index is 0.0483. The molecule has 3 rings (SSSR count). The van der Waals surface area contributed by atoms with Gasteiger partial charge in [-0.15, -0.1) is 0 Å². The molecule has 0 bridgehead atoms. The van der Waals surface area contributed by atoms with Crippen molar-refractivity contribution in [3.8, 4) is 0 Å². The Hall–Kier alpha value is -2.14. The van der Waals surface area contributed by atoms with E-state index in [1.807, 2.05) is 30.0 Å². The maximum atomic E-state index is 12.6. The van der Waals surface area contributed by atoms with Crippen molar-refractivity contribution in [3.63, 3.8) is 0 Å². The van der Waals surface area contributed by atoms with Crippen LogP contribution in [0.2, 0.25) is 5.02 Å². The second-order valence-electron chi connectivity index (χ2n) is 5.72. The zero-order valence-electron chi connectivity index (χ0n) is 13.1. The highest BCUT2D eigenvalue weighted by Gasteiger charge is 2.21. The zero-order chi connectivity index (χ0) is 16.2.